The van der Waals surface area contributed by atoms with Crippen LogP contribution in [0.25, 0.3) is 0 Å². The summed E-state index contributed by atoms with van der Waals surface area (Å²) < 4.78 is 5.09. The lowest BCUT2D eigenvalue weighted by atomic mass is 10.1. The molecule has 2 N–H and O–H groups in total. The van der Waals surface area contributed by atoms with E-state index in [9.17, 15) is 4.79 Å². The zero-order valence-electron chi connectivity index (χ0n) is 10.7. The van der Waals surface area contributed by atoms with Gasteiger partial charge in [0.1, 0.15) is 5.75 Å². The second kappa shape index (κ2) is 6.81. The molecule has 0 saturated heterocycles. The highest BCUT2D eigenvalue weighted by Crippen LogP contribution is 2.18. The molecule has 0 aromatic heterocycles. The molecule has 4 nitrogen and oxygen atoms in total. The SMILES string of the molecule is C=C[C@@H](CC(=O)O)N[C@@H](C)c1ccc(OC)cc1. The van der Waals surface area contributed by atoms with E-state index in [0.29, 0.717) is 0 Å². The van der Waals surface area contributed by atoms with Crippen LogP contribution in [0.4, 0.5) is 0 Å². The van der Waals surface area contributed by atoms with Gasteiger partial charge in [-0.2, -0.15) is 0 Å². The molecule has 0 aliphatic rings. The van der Waals surface area contributed by atoms with Crippen LogP contribution in [0, 0.1) is 0 Å². The molecule has 4 heteroatoms. The first-order valence-electron chi connectivity index (χ1n) is 5.81. The van der Waals surface area contributed by atoms with E-state index < -0.39 is 5.97 Å². The van der Waals surface area contributed by atoms with Crippen LogP contribution in [0.5, 0.6) is 5.75 Å². The number of aliphatic carboxylic acids is 1. The number of ether oxygens (including phenoxy) is 1. The molecule has 0 spiro atoms. The highest BCUT2D eigenvalue weighted by Gasteiger charge is 2.13. The van der Waals surface area contributed by atoms with Crippen molar-refractivity contribution < 1.29 is 14.6 Å². The summed E-state index contributed by atoms with van der Waals surface area (Å²) in [5, 5.41) is 12.0. The lowest BCUT2D eigenvalue weighted by Crippen LogP contribution is -2.31. The number of carbonyl (C=O) groups is 1. The minimum Gasteiger partial charge on any atom is -0.497 e. The van der Waals surface area contributed by atoms with Gasteiger partial charge in [-0.15, -0.1) is 6.58 Å². The third-order valence-electron chi connectivity index (χ3n) is 2.76. The second-order valence-electron chi connectivity index (χ2n) is 4.10. The Morgan fingerprint density at radius 3 is 2.56 bits per heavy atom. The summed E-state index contributed by atoms with van der Waals surface area (Å²) in [6.45, 7) is 5.63. The maximum Gasteiger partial charge on any atom is 0.305 e. The zero-order valence-corrected chi connectivity index (χ0v) is 10.7. The Kier molecular flexibility index (Phi) is 5.39. The van der Waals surface area contributed by atoms with Crippen molar-refractivity contribution in [2.75, 3.05) is 7.11 Å². The highest BCUT2D eigenvalue weighted by molar-refractivity contribution is 5.67. The molecule has 2 atom stereocenters. The topological polar surface area (TPSA) is 58.6 Å². The molecule has 98 valence electrons. The van der Waals surface area contributed by atoms with Crippen LogP contribution in [-0.2, 0) is 4.79 Å². The first-order chi connectivity index (χ1) is 8.56. The molecule has 0 amide bonds. The fourth-order valence-corrected chi connectivity index (χ4v) is 1.71. The molecule has 0 aliphatic carbocycles. The van der Waals surface area contributed by atoms with Gasteiger partial charge in [-0.25, -0.2) is 0 Å². The van der Waals surface area contributed by atoms with Crippen molar-refractivity contribution in [3.8, 4) is 5.75 Å². The van der Waals surface area contributed by atoms with E-state index in [0.717, 1.165) is 11.3 Å². The van der Waals surface area contributed by atoms with Gasteiger partial charge in [0.15, 0.2) is 0 Å². The Bertz CT molecular complexity index is 400. The monoisotopic (exact) mass is 249 g/mol. The molecule has 0 aliphatic heterocycles. The summed E-state index contributed by atoms with van der Waals surface area (Å²) in [6, 6.07) is 7.49. The van der Waals surface area contributed by atoms with Crippen LogP contribution < -0.4 is 10.1 Å². The van der Waals surface area contributed by atoms with E-state index in [1.54, 1.807) is 13.2 Å². The predicted octanol–water partition coefficient (Wildman–Crippen LogP) is 2.38. The van der Waals surface area contributed by atoms with Crippen molar-refractivity contribution in [1.82, 2.24) is 5.32 Å². The van der Waals surface area contributed by atoms with Crippen LogP contribution in [0.1, 0.15) is 24.9 Å². The molecule has 1 rings (SSSR count). The lowest BCUT2D eigenvalue weighted by molar-refractivity contribution is -0.137. The molecule has 0 heterocycles. The number of nitrogens with one attached hydrogen (secondary N) is 1. The number of benzene rings is 1. The molecule has 1 aromatic rings. The maximum absolute atomic E-state index is 10.7. The van der Waals surface area contributed by atoms with Gasteiger partial charge in [0.2, 0.25) is 0 Å². The second-order valence-corrected chi connectivity index (χ2v) is 4.10. The summed E-state index contributed by atoms with van der Waals surface area (Å²) >= 11 is 0. The Hall–Kier alpha value is -1.81. The summed E-state index contributed by atoms with van der Waals surface area (Å²) in [5.74, 6) is -0.0360. The number of carboxylic acid groups (broad SMARTS) is 1. The number of hydrogen-bond donors (Lipinski definition) is 2. The third-order valence-corrected chi connectivity index (χ3v) is 2.76. The van der Waals surface area contributed by atoms with Gasteiger partial charge in [0.05, 0.1) is 13.5 Å². The van der Waals surface area contributed by atoms with Crippen molar-refractivity contribution in [3.63, 3.8) is 0 Å². The van der Waals surface area contributed by atoms with Crippen LogP contribution in [0.3, 0.4) is 0 Å². The van der Waals surface area contributed by atoms with Crippen LogP contribution >= 0.6 is 0 Å². The number of hydrogen-bond acceptors (Lipinski definition) is 3. The van der Waals surface area contributed by atoms with E-state index in [1.165, 1.54) is 0 Å². The van der Waals surface area contributed by atoms with Crippen molar-refractivity contribution >= 4 is 5.97 Å². The quantitative estimate of drug-likeness (QED) is 0.728. The van der Waals surface area contributed by atoms with E-state index in [2.05, 4.69) is 11.9 Å². The summed E-state index contributed by atoms with van der Waals surface area (Å²) in [6.07, 6.45) is 1.65. The van der Waals surface area contributed by atoms with Gasteiger partial charge in [0.25, 0.3) is 0 Å². The summed E-state index contributed by atoms with van der Waals surface area (Å²) in [7, 11) is 1.62. The Labute approximate surface area is 107 Å². The van der Waals surface area contributed by atoms with Crippen molar-refractivity contribution in [1.29, 1.82) is 0 Å². The third kappa shape index (κ3) is 4.22. The highest BCUT2D eigenvalue weighted by atomic mass is 16.5. The van der Waals surface area contributed by atoms with E-state index in [-0.39, 0.29) is 18.5 Å². The van der Waals surface area contributed by atoms with Gasteiger partial charge in [-0.1, -0.05) is 18.2 Å². The normalized spacial score (nSPS) is 13.7. The van der Waals surface area contributed by atoms with Gasteiger partial charge in [-0.3, -0.25) is 4.79 Å². The summed E-state index contributed by atoms with van der Waals surface area (Å²) in [5.41, 5.74) is 1.08. The predicted molar refractivity (Wildman–Crippen MR) is 70.8 cm³/mol. The van der Waals surface area contributed by atoms with Crippen molar-refractivity contribution in [2.24, 2.45) is 0 Å². The van der Waals surface area contributed by atoms with E-state index >= 15 is 0 Å². The van der Waals surface area contributed by atoms with Gasteiger partial charge >= 0.3 is 5.97 Å². The molecule has 0 fully saturated rings. The zero-order chi connectivity index (χ0) is 13.5. The number of rotatable bonds is 7. The van der Waals surface area contributed by atoms with Crippen LogP contribution in [0.2, 0.25) is 0 Å². The molecular weight excluding hydrogens is 230 g/mol. The minimum atomic E-state index is -0.839. The van der Waals surface area contributed by atoms with Gasteiger partial charge in [-0.05, 0) is 24.6 Å². The Morgan fingerprint density at radius 2 is 2.11 bits per heavy atom. The molecule has 0 saturated carbocycles. The average Bonchev–Trinajstić information content (AvgIpc) is 2.37. The largest absolute Gasteiger partial charge is 0.497 e. The lowest BCUT2D eigenvalue weighted by Gasteiger charge is -2.19. The van der Waals surface area contributed by atoms with Gasteiger partial charge in [0, 0.05) is 12.1 Å². The molecule has 18 heavy (non-hydrogen) atoms. The van der Waals surface area contributed by atoms with E-state index in [4.69, 9.17) is 9.84 Å². The minimum absolute atomic E-state index is 0.0317. The Balaban J connectivity index is 2.64. The summed E-state index contributed by atoms with van der Waals surface area (Å²) in [4.78, 5) is 10.7. The first-order valence-corrected chi connectivity index (χ1v) is 5.81. The fourth-order valence-electron chi connectivity index (χ4n) is 1.71. The molecule has 1 aromatic carbocycles. The molecule has 0 bridgehead atoms. The average molecular weight is 249 g/mol. The standard InChI is InChI=1S/C14H19NO3/c1-4-12(9-14(16)17)15-10(2)11-5-7-13(18-3)8-6-11/h4-8,10,12,15H,1,9H2,2-3H3,(H,16,17)/t10-,12-/m0/s1. The van der Waals surface area contributed by atoms with Crippen LogP contribution in [-0.4, -0.2) is 24.2 Å². The van der Waals surface area contributed by atoms with Gasteiger partial charge < -0.3 is 15.2 Å². The number of carboxylic acids is 1. The number of methoxy groups -OCH3 is 1. The van der Waals surface area contributed by atoms with Crippen molar-refractivity contribution in [3.05, 3.63) is 42.5 Å². The van der Waals surface area contributed by atoms with E-state index in [1.807, 2.05) is 31.2 Å². The van der Waals surface area contributed by atoms with Crippen LogP contribution in [0.15, 0.2) is 36.9 Å². The molecular formula is C14H19NO3. The molecule has 0 unspecified atom stereocenters. The smallest absolute Gasteiger partial charge is 0.305 e. The fraction of sp³-hybridized carbons (Fsp3) is 0.357. The molecule has 0 radical (unpaired) electrons. The van der Waals surface area contributed by atoms with Crippen molar-refractivity contribution in [2.45, 2.75) is 25.4 Å². The Morgan fingerprint density at radius 1 is 1.50 bits per heavy atom. The maximum atomic E-state index is 10.7. The first kappa shape index (κ1) is 14.3.